The van der Waals surface area contributed by atoms with Gasteiger partial charge in [-0.25, -0.2) is 8.42 Å². The lowest BCUT2D eigenvalue weighted by atomic mass is 10.5. The first kappa shape index (κ1) is 14.7. The average molecular weight is 274 g/mol. The maximum Gasteiger partial charge on any atom is 0.246 e. The van der Waals surface area contributed by atoms with Crippen LogP contribution in [0.5, 0.6) is 0 Å². The number of likely N-dealkylation sites (N-methyl/N-ethyl adjacent to an activating group) is 2. The lowest BCUT2D eigenvalue weighted by Crippen LogP contribution is -2.40. The van der Waals surface area contributed by atoms with Gasteiger partial charge in [-0.2, -0.15) is 9.40 Å². The van der Waals surface area contributed by atoms with Crippen molar-refractivity contribution in [3.63, 3.8) is 0 Å². The molecule has 1 aromatic rings. The van der Waals surface area contributed by atoms with Gasteiger partial charge in [0.2, 0.25) is 15.9 Å². The molecule has 1 rings (SSSR count). The summed E-state index contributed by atoms with van der Waals surface area (Å²) in [6, 6.07) is 0. The Morgan fingerprint density at radius 2 is 2.06 bits per heavy atom. The quantitative estimate of drug-likeness (QED) is 0.806. The zero-order valence-electron chi connectivity index (χ0n) is 11.0. The van der Waals surface area contributed by atoms with Gasteiger partial charge in [-0.3, -0.25) is 9.89 Å². The molecule has 7 nitrogen and oxygen atoms in total. The van der Waals surface area contributed by atoms with E-state index in [1.54, 1.807) is 27.9 Å². The highest BCUT2D eigenvalue weighted by Gasteiger charge is 2.28. The third-order valence-corrected chi connectivity index (χ3v) is 4.60. The summed E-state index contributed by atoms with van der Waals surface area (Å²) in [5.41, 5.74) is 0.464. The van der Waals surface area contributed by atoms with Gasteiger partial charge >= 0.3 is 0 Å². The highest BCUT2D eigenvalue weighted by molar-refractivity contribution is 7.89. The minimum atomic E-state index is -3.67. The lowest BCUT2D eigenvalue weighted by Gasteiger charge is -2.21. The molecule has 1 amide bonds. The van der Waals surface area contributed by atoms with Crippen molar-refractivity contribution in [2.75, 3.05) is 27.2 Å². The van der Waals surface area contributed by atoms with Gasteiger partial charge in [0, 0.05) is 20.6 Å². The first-order valence-electron chi connectivity index (χ1n) is 5.51. The molecule has 0 aliphatic heterocycles. The number of rotatable bonds is 5. The molecule has 1 aromatic heterocycles. The molecule has 0 fully saturated rings. The third kappa shape index (κ3) is 2.88. The summed E-state index contributed by atoms with van der Waals surface area (Å²) in [7, 11) is -0.497. The number of H-pyrrole nitrogens is 1. The van der Waals surface area contributed by atoms with Crippen LogP contribution in [0.25, 0.3) is 0 Å². The van der Waals surface area contributed by atoms with Crippen LogP contribution in [0, 0.1) is 6.92 Å². The number of aromatic nitrogens is 2. The summed E-state index contributed by atoms with van der Waals surface area (Å²) in [4.78, 5) is 13.1. The molecule has 0 saturated heterocycles. The molecule has 0 bridgehead atoms. The van der Waals surface area contributed by atoms with E-state index in [4.69, 9.17) is 0 Å². The summed E-state index contributed by atoms with van der Waals surface area (Å²) in [5, 5.41) is 6.27. The number of hydrogen-bond donors (Lipinski definition) is 1. The van der Waals surface area contributed by atoms with Crippen LogP contribution in [0.15, 0.2) is 11.1 Å². The molecule has 0 saturated carbocycles. The lowest BCUT2D eigenvalue weighted by molar-refractivity contribution is -0.128. The van der Waals surface area contributed by atoms with E-state index in [0.717, 1.165) is 4.31 Å². The Labute approximate surface area is 107 Å². The van der Waals surface area contributed by atoms with Crippen molar-refractivity contribution in [3.8, 4) is 0 Å². The van der Waals surface area contributed by atoms with Gasteiger partial charge in [-0.1, -0.05) is 6.92 Å². The number of carbonyl (C=O) groups is 1. The Kier molecular flexibility index (Phi) is 4.47. The Balaban J connectivity index is 3.02. The van der Waals surface area contributed by atoms with E-state index in [9.17, 15) is 13.2 Å². The number of aryl methyl sites for hydroxylation is 1. The van der Waals surface area contributed by atoms with Crippen molar-refractivity contribution in [1.82, 2.24) is 19.4 Å². The highest BCUT2D eigenvalue weighted by Crippen LogP contribution is 2.17. The second-order valence-electron chi connectivity index (χ2n) is 4.08. The predicted octanol–water partition coefficient (Wildman–Crippen LogP) is -0.183. The van der Waals surface area contributed by atoms with Crippen molar-refractivity contribution in [2.45, 2.75) is 18.7 Å². The molecule has 102 valence electrons. The van der Waals surface area contributed by atoms with Crippen LogP contribution in [0.1, 0.15) is 12.6 Å². The van der Waals surface area contributed by atoms with Crippen molar-refractivity contribution in [3.05, 3.63) is 11.9 Å². The fourth-order valence-electron chi connectivity index (χ4n) is 1.40. The van der Waals surface area contributed by atoms with E-state index in [2.05, 4.69) is 10.2 Å². The van der Waals surface area contributed by atoms with Crippen molar-refractivity contribution >= 4 is 15.9 Å². The average Bonchev–Trinajstić information content (AvgIpc) is 2.72. The molecule has 0 aliphatic rings. The molecule has 0 spiro atoms. The van der Waals surface area contributed by atoms with E-state index in [-0.39, 0.29) is 23.9 Å². The van der Waals surface area contributed by atoms with Crippen LogP contribution in [-0.4, -0.2) is 60.9 Å². The van der Waals surface area contributed by atoms with Gasteiger partial charge in [-0.05, 0) is 6.92 Å². The Bertz CT molecular complexity index is 521. The third-order valence-electron chi connectivity index (χ3n) is 2.56. The second kappa shape index (κ2) is 5.49. The standard InChI is InChI=1S/C10H18N4O3S/c1-5-14(7-10(15)13(3)4)18(16,17)9-6-11-12-8(9)2/h6H,5,7H2,1-4H3,(H,11,12). The van der Waals surface area contributed by atoms with Crippen molar-refractivity contribution < 1.29 is 13.2 Å². The Morgan fingerprint density at radius 1 is 1.44 bits per heavy atom. The first-order chi connectivity index (χ1) is 8.30. The maximum atomic E-state index is 12.3. The van der Waals surface area contributed by atoms with Gasteiger partial charge < -0.3 is 4.90 Å². The maximum absolute atomic E-state index is 12.3. The van der Waals surface area contributed by atoms with E-state index >= 15 is 0 Å². The molecule has 18 heavy (non-hydrogen) atoms. The summed E-state index contributed by atoms with van der Waals surface area (Å²) in [6.07, 6.45) is 1.26. The van der Waals surface area contributed by atoms with E-state index in [1.807, 2.05) is 0 Å². The van der Waals surface area contributed by atoms with Crippen LogP contribution >= 0.6 is 0 Å². The number of hydrogen-bond acceptors (Lipinski definition) is 4. The van der Waals surface area contributed by atoms with Crippen LogP contribution in [0.4, 0.5) is 0 Å². The van der Waals surface area contributed by atoms with Crippen molar-refractivity contribution in [2.24, 2.45) is 0 Å². The van der Waals surface area contributed by atoms with Crippen LogP contribution in [0.2, 0.25) is 0 Å². The molecule has 0 aromatic carbocycles. The monoisotopic (exact) mass is 274 g/mol. The number of nitrogens with zero attached hydrogens (tertiary/aromatic N) is 3. The van der Waals surface area contributed by atoms with Crippen LogP contribution in [0.3, 0.4) is 0 Å². The molecule has 0 aliphatic carbocycles. The SMILES string of the molecule is CCN(CC(=O)N(C)C)S(=O)(=O)c1cn[nH]c1C. The summed E-state index contributed by atoms with van der Waals surface area (Å²) in [6.45, 7) is 3.38. The Hall–Kier alpha value is -1.41. The molecule has 0 unspecified atom stereocenters. The number of nitrogens with one attached hydrogen (secondary N) is 1. The number of carbonyl (C=O) groups excluding carboxylic acids is 1. The zero-order valence-corrected chi connectivity index (χ0v) is 11.8. The molecular weight excluding hydrogens is 256 g/mol. The van der Waals surface area contributed by atoms with Gasteiger partial charge in [0.1, 0.15) is 4.90 Å². The smallest absolute Gasteiger partial charge is 0.246 e. The van der Waals surface area contributed by atoms with Gasteiger partial charge in [0.05, 0.1) is 18.4 Å². The minimum Gasteiger partial charge on any atom is -0.348 e. The van der Waals surface area contributed by atoms with Crippen LogP contribution < -0.4 is 0 Å². The molecule has 8 heteroatoms. The fourth-order valence-corrected chi connectivity index (χ4v) is 2.91. The van der Waals surface area contributed by atoms with E-state index < -0.39 is 10.0 Å². The normalized spacial score (nSPS) is 11.8. The summed E-state index contributed by atoms with van der Waals surface area (Å²) in [5.74, 6) is -0.262. The largest absolute Gasteiger partial charge is 0.348 e. The summed E-state index contributed by atoms with van der Waals surface area (Å²) < 4.78 is 25.7. The first-order valence-corrected chi connectivity index (χ1v) is 6.95. The van der Waals surface area contributed by atoms with Crippen molar-refractivity contribution in [1.29, 1.82) is 0 Å². The number of aromatic amines is 1. The molecule has 1 N–H and O–H groups in total. The molecule has 0 atom stereocenters. The predicted molar refractivity (Wildman–Crippen MR) is 66.5 cm³/mol. The molecular formula is C10H18N4O3S. The number of amides is 1. The topological polar surface area (TPSA) is 86.4 Å². The highest BCUT2D eigenvalue weighted by atomic mass is 32.2. The summed E-state index contributed by atoms with van der Waals surface area (Å²) >= 11 is 0. The molecule has 1 heterocycles. The van der Waals surface area contributed by atoms with Gasteiger partial charge in [0.25, 0.3) is 0 Å². The van der Waals surface area contributed by atoms with Gasteiger partial charge in [-0.15, -0.1) is 0 Å². The van der Waals surface area contributed by atoms with E-state index in [0.29, 0.717) is 5.69 Å². The second-order valence-corrected chi connectivity index (χ2v) is 5.98. The van der Waals surface area contributed by atoms with E-state index in [1.165, 1.54) is 11.1 Å². The molecule has 0 radical (unpaired) electrons. The Morgan fingerprint density at radius 3 is 2.44 bits per heavy atom. The zero-order chi connectivity index (χ0) is 13.9. The fraction of sp³-hybridized carbons (Fsp3) is 0.600. The van der Waals surface area contributed by atoms with Gasteiger partial charge in [0.15, 0.2) is 0 Å². The number of sulfonamides is 1. The minimum absolute atomic E-state index is 0.107. The van der Waals surface area contributed by atoms with Crippen LogP contribution in [-0.2, 0) is 14.8 Å².